The van der Waals surface area contributed by atoms with Gasteiger partial charge in [0, 0.05) is 5.54 Å². The van der Waals surface area contributed by atoms with E-state index < -0.39 is 0 Å². The van der Waals surface area contributed by atoms with Gasteiger partial charge in [0.25, 0.3) is 0 Å². The van der Waals surface area contributed by atoms with Gasteiger partial charge in [-0.3, -0.25) is 0 Å². The molecule has 0 aromatic rings. The molecule has 0 saturated carbocycles. The maximum atomic E-state index is 5.86. The van der Waals surface area contributed by atoms with E-state index in [1.54, 1.807) is 0 Å². The maximum Gasteiger partial charge on any atom is 0.0109 e. The lowest BCUT2D eigenvalue weighted by molar-refractivity contribution is 0.446. The number of nitrogens with two attached hydrogens (primary N) is 1. The molecule has 0 aliphatic rings. The van der Waals surface area contributed by atoms with E-state index in [0.29, 0.717) is 0 Å². The van der Waals surface area contributed by atoms with Crippen molar-refractivity contribution in [3.05, 3.63) is 0 Å². The van der Waals surface area contributed by atoms with Crippen molar-refractivity contribution in [1.82, 2.24) is 5.32 Å². The molecule has 0 aliphatic carbocycles. The van der Waals surface area contributed by atoms with E-state index in [0.717, 1.165) is 25.4 Å². The lowest BCUT2D eigenvalue weighted by Crippen LogP contribution is -2.35. The molecule has 0 aromatic carbocycles. The fourth-order valence-corrected chi connectivity index (χ4v) is 1.17. The summed E-state index contributed by atoms with van der Waals surface area (Å²) in [4.78, 5) is 0. The largest absolute Gasteiger partial charge is 0.326 e. The summed E-state index contributed by atoms with van der Waals surface area (Å²) in [6.07, 6.45) is 3.65. The van der Waals surface area contributed by atoms with Crippen molar-refractivity contribution >= 4 is 0 Å². The van der Waals surface area contributed by atoms with Crippen molar-refractivity contribution in [2.45, 2.75) is 52.5 Å². The first-order valence-electron chi connectivity index (χ1n) is 5.41. The number of rotatable bonds is 7. The zero-order valence-corrected chi connectivity index (χ0v) is 9.69. The van der Waals surface area contributed by atoms with Crippen molar-refractivity contribution in [1.29, 1.82) is 0 Å². The van der Waals surface area contributed by atoms with Crippen LogP contribution in [-0.2, 0) is 0 Å². The molecule has 0 saturated heterocycles. The maximum absolute atomic E-state index is 5.86. The van der Waals surface area contributed by atoms with E-state index in [2.05, 4.69) is 33.0 Å². The smallest absolute Gasteiger partial charge is 0.0109 e. The number of hydrogen-bond donors (Lipinski definition) is 2. The summed E-state index contributed by atoms with van der Waals surface area (Å²) in [5.74, 6) is 0.827. The Morgan fingerprint density at radius 3 is 2.31 bits per heavy atom. The van der Waals surface area contributed by atoms with E-state index in [-0.39, 0.29) is 5.54 Å². The van der Waals surface area contributed by atoms with Crippen LogP contribution in [0.15, 0.2) is 0 Å². The summed E-state index contributed by atoms with van der Waals surface area (Å²) in [6.45, 7) is 10.9. The minimum Gasteiger partial charge on any atom is -0.326 e. The van der Waals surface area contributed by atoms with Crippen molar-refractivity contribution in [3.8, 4) is 0 Å². The summed E-state index contributed by atoms with van der Waals surface area (Å²) in [7, 11) is 0. The Morgan fingerprint density at radius 2 is 1.85 bits per heavy atom. The molecule has 0 unspecified atom stereocenters. The van der Waals surface area contributed by atoms with Gasteiger partial charge in [0.05, 0.1) is 0 Å². The van der Waals surface area contributed by atoms with Gasteiger partial charge in [-0.1, -0.05) is 13.8 Å². The van der Waals surface area contributed by atoms with Crippen LogP contribution in [-0.4, -0.2) is 18.6 Å². The Morgan fingerprint density at radius 1 is 1.23 bits per heavy atom. The average molecular weight is 186 g/mol. The van der Waals surface area contributed by atoms with Gasteiger partial charge < -0.3 is 11.1 Å². The summed E-state index contributed by atoms with van der Waals surface area (Å²) in [6, 6.07) is 0. The summed E-state index contributed by atoms with van der Waals surface area (Å²) in [5.41, 5.74) is 5.84. The van der Waals surface area contributed by atoms with Gasteiger partial charge in [-0.2, -0.15) is 0 Å². The molecule has 2 nitrogen and oxygen atoms in total. The third kappa shape index (κ3) is 11.9. The van der Waals surface area contributed by atoms with E-state index in [4.69, 9.17) is 5.73 Å². The molecular weight excluding hydrogens is 160 g/mol. The fraction of sp³-hybridized carbons (Fsp3) is 1.00. The zero-order valence-electron chi connectivity index (χ0n) is 9.69. The third-order valence-corrected chi connectivity index (χ3v) is 2.08. The molecule has 0 aliphatic heterocycles. The number of nitrogens with one attached hydrogen (secondary N) is 1. The van der Waals surface area contributed by atoms with Crippen molar-refractivity contribution in [3.63, 3.8) is 0 Å². The van der Waals surface area contributed by atoms with Gasteiger partial charge in [-0.15, -0.1) is 0 Å². The Kier molecular flexibility index (Phi) is 6.35. The van der Waals surface area contributed by atoms with Crippen LogP contribution in [0.5, 0.6) is 0 Å². The van der Waals surface area contributed by atoms with E-state index in [9.17, 15) is 0 Å². The van der Waals surface area contributed by atoms with Gasteiger partial charge >= 0.3 is 0 Å². The lowest BCUT2D eigenvalue weighted by atomic mass is 10.0. The number of hydrogen-bond acceptors (Lipinski definition) is 2. The first-order valence-corrected chi connectivity index (χ1v) is 5.41. The highest BCUT2D eigenvalue weighted by Gasteiger charge is 2.08. The SMILES string of the molecule is CC(C)CCCNCCC(C)(C)N. The fourth-order valence-electron chi connectivity index (χ4n) is 1.17. The van der Waals surface area contributed by atoms with Gasteiger partial charge in [0.1, 0.15) is 0 Å². The van der Waals surface area contributed by atoms with Crippen LogP contribution in [0.1, 0.15) is 47.0 Å². The highest BCUT2D eigenvalue weighted by atomic mass is 14.9. The quantitative estimate of drug-likeness (QED) is 0.598. The standard InChI is InChI=1S/C11H26N2/c1-10(2)6-5-8-13-9-7-11(3,4)12/h10,13H,5-9,12H2,1-4H3. The molecular formula is C11H26N2. The molecule has 0 spiro atoms. The van der Waals surface area contributed by atoms with Gasteiger partial charge in [-0.05, 0) is 52.1 Å². The van der Waals surface area contributed by atoms with Crippen LogP contribution in [0.2, 0.25) is 0 Å². The highest BCUT2D eigenvalue weighted by molar-refractivity contribution is 4.72. The topological polar surface area (TPSA) is 38.0 Å². The molecule has 0 aromatic heterocycles. The molecule has 13 heavy (non-hydrogen) atoms. The van der Waals surface area contributed by atoms with Gasteiger partial charge in [0.15, 0.2) is 0 Å². The van der Waals surface area contributed by atoms with Crippen molar-refractivity contribution in [2.75, 3.05) is 13.1 Å². The van der Waals surface area contributed by atoms with E-state index >= 15 is 0 Å². The van der Waals surface area contributed by atoms with Crippen LogP contribution in [0.3, 0.4) is 0 Å². The van der Waals surface area contributed by atoms with Crippen molar-refractivity contribution < 1.29 is 0 Å². The van der Waals surface area contributed by atoms with E-state index in [1.165, 1.54) is 12.8 Å². The Bertz CT molecular complexity index is 114. The van der Waals surface area contributed by atoms with Gasteiger partial charge in [0.2, 0.25) is 0 Å². The first-order chi connectivity index (χ1) is 5.92. The van der Waals surface area contributed by atoms with Crippen LogP contribution in [0.25, 0.3) is 0 Å². The average Bonchev–Trinajstić information content (AvgIpc) is 1.93. The second-order valence-corrected chi connectivity index (χ2v) is 5.02. The monoisotopic (exact) mass is 186 g/mol. The Balaban J connectivity index is 3.09. The summed E-state index contributed by atoms with van der Waals surface area (Å²) in [5, 5.41) is 3.42. The minimum absolute atomic E-state index is 0.0228. The lowest BCUT2D eigenvalue weighted by Gasteiger charge is -2.18. The predicted octanol–water partition coefficient (Wildman–Crippen LogP) is 2.14. The molecule has 0 amide bonds. The van der Waals surface area contributed by atoms with Crippen LogP contribution in [0.4, 0.5) is 0 Å². The molecule has 0 rings (SSSR count). The Hall–Kier alpha value is -0.0800. The second-order valence-electron chi connectivity index (χ2n) is 5.02. The van der Waals surface area contributed by atoms with Gasteiger partial charge in [-0.25, -0.2) is 0 Å². The predicted molar refractivity (Wildman–Crippen MR) is 59.8 cm³/mol. The molecule has 0 bridgehead atoms. The van der Waals surface area contributed by atoms with Crippen LogP contribution < -0.4 is 11.1 Å². The molecule has 0 fully saturated rings. The van der Waals surface area contributed by atoms with E-state index in [1.807, 2.05) is 0 Å². The molecule has 0 radical (unpaired) electrons. The second kappa shape index (κ2) is 6.39. The van der Waals surface area contributed by atoms with Crippen LogP contribution >= 0.6 is 0 Å². The minimum atomic E-state index is -0.0228. The highest BCUT2D eigenvalue weighted by Crippen LogP contribution is 2.03. The Labute approximate surface area is 83.3 Å². The summed E-state index contributed by atoms with van der Waals surface area (Å²) >= 11 is 0. The third-order valence-electron chi connectivity index (χ3n) is 2.08. The molecule has 0 atom stereocenters. The first kappa shape index (κ1) is 12.9. The normalized spacial score (nSPS) is 12.5. The molecule has 3 N–H and O–H groups in total. The zero-order chi connectivity index (χ0) is 10.3. The van der Waals surface area contributed by atoms with Crippen molar-refractivity contribution in [2.24, 2.45) is 11.7 Å². The molecule has 0 heterocycles. The molecule has 80 valence electrons. The summed E-state index contributed by atoms with van der Waals surface area (Å²) < 4.78 is 0. The molecule has 2 heteroatoms. The van der Waals surface area contributed by atoms with Crippen LogP contribution in [0, 0.1) is 5.92 Å².